The largest absolute Gasteiger partial charge is 0.444 e. The lowest BCUT2D eigenvalue weighted by Crippen LogP contribution is -2.54. The maximum Gasteiger partial charge on any atom is 0.410 e. The molecule has 0 bridgehead atoms. The van der Waals surface area contributed by atoms with Crippen molar-refractivity contribution in [2.45, 2.75) is 77.0 Å². The Morgan fingerprint density at radius 2 is 1.88 bits per heavy atom. The van der Waals surface area contributed by atoms with Crippen molar-refractivity contribution in [2.24, 2.45) is 11.8 Å². The number of nitrogens with one attached hydrogen (secondary N) is 1. The molecule has 5 heteroatoms. The lowest BCUT2D eigenvalue weighted by Gasteiger charge is -2.41. The van der Waals surface area contributed by atoms with E-state index in [1.807, 2.05) is 25.7 Å². The van der Waals surface area contributed by atoms with Crippen LogP contribution in [0.25, 0.3) is 0 Å². The number of carbonyl (C=O) groups is 1. The van der Waals surface area contributed by atoms with E-state index in [0.29, 0.717) is 18.0 Å². The summed E-state index contributed by atoms with van der Waals surface area (Å²) in [6.45, 7) is 9.21. The molecule has 1 aliphatic carbocycles. The number of hydrogen-bond donors (Lipinski definition) is 1. The Labute approximate surface area is 146 Å². The monoisotopic (exact) mass is 338 g/mol. The molecule has 3 fully saturated rings. The van der Waals surface area contributed by atoms with E-state index in [1.165, 1.54) is 19.3 Å². The molecular weight excluding hydrogens is 304 g/mol. The van der Waals surface area contributed by atoms with Crippen LogP contribution >= 0.6 is 0 Å². The van der Waals surface area contributed by atoms with E-state index in [9.17, 15) is 4.79 Å². The molecule has 2 atom stereocenters. The Hall–Kier alpha value is -0.810. The van der Waals surface area contributed by atoms with Crippen LogP contribution in [0.2, 0.25) is 0 Å². The van der Waals surface area contributed by atoms with E-state index < -0.39 is 5.60 Å². The van der Waals surface area contributed by atoms with Crippen LogP contribution in [0.4, 0.5) is 4.79 Å². The van der Waals surface area contributed by atoms with Crippen LogP contribution in [-0.2, 0) is 9.47 Å². The van der Waals surface area contributed by atoms with Crippen molar-refractivity contribution in [2.75, 3.05) is 26.3 Å². The first-order valence-corrected chi connectivity index (χ1v) is 9.72. The molecule has 5 nitrogen and oxygen atoms in total. The third-order valence-corrected chi connectivity index (χ3v) is 5.39. The summed E-state index contributed by atoms with van der Waals surface area (Å²) in [7, 11) is 0. The van der Waals surface area contributed by atoms with Crippen molar-refractivity contribution in [3.63, 3.8) is 0 Å². The van der Waals surface area contributed by atoms with Gasteiger partial charge in [0.25, 0.3) is 0 Å². The molecule has 1 amide bonds. The highest BCUT2D eigenvalue weighted by molar-refractivity contribution is 5.68. The van der Waals surface area contributed by atoms with Crippen molar-refractivity contribution in [3.05, 3.63) is 0 Å². The summed E-state index contributed by atoms with van der Waals surface area (Å²) in [5.41, 5.74) is -0.416. The van der Waals surface area contributed by atoms with Crippen molar-refractivity contribution in [1.29, 1.82) is 0 Å². The van der Waals surface area contributed by atoms with E-state index in [-0.39, 0.29) is 6.09 Å². The molecule has 2 saturated heterocycles. The van der Waals surface area contributed by atoms with Gasteiger partial charge >= 0.3 is 6.09 Å². The quantitative estimate of drug-likeness (QED) is 0.855. The highest BCUT2D eigenvalue weighted by atomic mass is 16.6. The van der Waals surface area contributed by atoms with Gasteiger partial charge in [0, 0.05) is 38.4 Å². The predicted octanol–water partition coefficient (Wildman–Crippen LogP) is 3.18. The first kappa shape index (κ1) is 18.0. The van der Waals surface area contributed by atoms with Crippen LogP contribution < -0.4 is 5.32 Å². The topological polar surface area (TPSA) is 50.8 Å². The number of nitrogens with zero attached hydrogens (tertiary/aromatic N) is 1. The fourth-order valence-corrected chi connectivity index (χ4v) is 3.93. The molecule has 2 heterocycles. The molecule has 2 unspecified atom stereocenters. The molecule has 0 radical (unpaired) electrons. The third kappa shape index (κ3) is 5.35. The lowest BCUT2D eigenvalue weighted by atomic mass is 9.86. The van der Waals surface area contributed by atoms with Gasteiger partial charge in [0.2, 0.25) is 0 Å². The number of carbonyl (C=O) groups excluding carboxylic acids is 1. The van der Waals surface area contributed by atoms with Crippen LogP contribution in [-0.4, -0.2) is 55.0 Å². The summed E-state index contributed by atoms with van der Waals surface area (Å²) in [6.07, 6.45) is 7.10. The molecule has 1 saturated carbocycles. The van der Waals surface area contributed by atoms with Crippen molar-refractivity contribution in [1.82, 2.24) is 10.2 Å². The van der Waals surface area contributed by atoms with Gasteiger partial charge in [-0.3, -0.25) is 0 Å². The zero-order valence-electron chi connectivity index (χ0n) is 15.6. The number of rotatable bonds is 4. The molecule has 0 aromatic heterocycles. The van der Waals surface area contributed by atoms with Gasteiger partial charge in [-0.2, -0.15) is 0 Å². The fourth-order valence-electron chi connectivity index (χ4n) is 3.93. The molecule has 2 aliphatic heterocycles. The molecule has 3 rings (SSSR count). The minimum Gasteiger partial charge on any atom is -0.444 e. The van der Waals surface area contributed by atoms with Gasteiger partial charge < -0.3 is 19.7 Å². The molecule has 0 aromatic rings. The van der Waals surface area contributed by atoms with Gasteiger partial charge in [-0.05, 0) is 58.3 Å². The summed E-state index contributed by atoms with van der Waals surface area (Å²) in [5, 5.41) is 3.89. The predicted molar refractivity (Wildman–Crippen MR) is 94.0 cm³/mol. The maximum atomic E-state index is 12.4. The second-order valence-electron chi connectivity index (χ2n) is 8.81. The van der Waals surface area contributed by atoms with E-state index in [4.69, 9.17) is 9.47 Å². The SMILES string of the molecule is CC(C)(C)OC(=O)N1CCC(NC2CCOCC2)C(CC2CC2)C1. The maximum absolute atomic E-state index is 12.4. The van der Waals surface area contributed by atoms with Crippen molar-refractivity contribution >= 4 is 6.09 Å². The number of ether oxygens (including phenoxy) is 2. The lowest BCUT2D eigenvalue weighted by molar-refractivity contribution is 0.00975. The van der Waals surface area contributed by atoms with Crippen molar-refractivity contribution < 1.29 is 14.3 Å². The number of amides is 1. The molecular formula is C19H34N2O3. The number of likely N-dealkylation sites (tertiary alicyclic amines) is 1. The molecule has 3 aliphatic rings. The number of piperidine rings is 1. The fraction of sp³-hybridized carbons (Fsp3) is 0.947. The Morgan fingerprint density at radius 3 is 2.50 bits per heavy atom. The summed E-state index contributed by atoms with van der Waals surface area (Å²) < 4.78 is 11.1. The Morgan fingerprint density at radius 1 is 1.17 bits per heavy atom. The Bertz CT molecular complexity index is 425. The summed E-state index contributed by atoms with van der Waals surface area (Å²) in [4.78, 5) is 14.4. The van der Waals surface area contributed by atoms with Gasteiger partial charge in [0.05, 0.1) is 0 Å². The zero-order chi connectivity index (χ0) is 17.2. The Kier molecular flexibility index (Phi) is 5.70. The first-order valence-electron chi connectivity index (χ1n) is 9.72. The second kappa shape index (κ2) is 7.61. The number of hydrogen-bond acceptors (Lipinski definition) is 4. The van der Waals surface area contributed by atoms with Crippen LogP contribution in [0.1, 0.15) is 59.3 Å². The van der Waals surface area contributed by atoms with Gasteiger partial charge in [-0.1, -0.05) is 12.8 Å². The standard InChI is InChI=1S/C19H34N2O3/c1-19(2,3)24-18(22)21-9-6-17(15(13-21)12-14-4-5-14)20-16-7-10-23-11-8-16/h14-17,20H,4-13H2,1-3H3. The molecule has 138 valence electrons. The minimum atomic E-state index is -0.416. The van der Waals surface area contributed by atoms with E-state index in [0.717, 1.165) is 51.5 Å². The van der Waals surface area contributed by atoms with E-state index in [1.54, 1.807) is 0 Å². The molecule has 0 spiro atoms. The molecule has 24 heavy (non-hydrogen) atoms. The van der Waals surface area contributed by atoms with Gasteiger partial charge in [-0.15, -0.1) is 0 Å². The van der Waals surface area contributed by atoms with Crippen LogP contribution in [0.3, 0.4) is 0 Å². The average molecular weight is 338 g/mol. The summed E-state index contributed by atoms with van der Waals surface area (Å²) in [5.74, 6) is 1.44. The van der Waals surface area contributed by atoms with Crippen LogP contribution in [0, 0.1) is 11.8 Å². The van der Waals surface area contributed by atoms with Gasteiger partial charge in [-0.25, -0.2) is 4.79 Å². The molecule has 0 aromatic carbocycles. The third-order valence-electron chi connectivity index (χ3n) is 5.39. The highest BCUT2D eigenvalue weighted by Crippen LogP contribution is 2.38. The average Bonchev–Trinajstić information content (AvgIpc) is 3.32. The molecule has 1 N–H and O–H groups in total. The summed E-state index contributed by atoms with van der Waals surface area (Å²) >= 11 is 0. The smallest absolute Gasteiger partial charge is 0.410 e. The normalized spacial score (nSPS) is 29.5. The first-order chi connectivity index (χ1) is 11.4. The van der Waals surface area contributed by atoms with Crippen LogP contribution in [0.15, 0.2) is 0 Å². The van der Waals surface area contributed by atoms with Crippen molar-refractivity contribution in [3.8, 4) is 0 Å². The van der Waals surface area contributed by atoms with Gasteiger partial charge in [0.15, 0.2) is 0 Å². The summed E-state index contributed by atoms with van der Waals surface area (Å²) in [6, 6.07) is 1.12. The second-order valence-corrected chi connectivity index (χ2v) is 8.81. The zero-order valence-corrected chi connectivity index (χ0v) is 15.6. The minimum absolute atomic E-state index is 0.146. The van der Waals surface area contributed by atoms with E-state index in [2.05, 4.69) is 5.32 Å². The Balaban J connectivity index is 1.56. The van der Waals surface area contributed by atoms with Crippen LogP contribution in [0.5, 0.6) is 0 Å². The van der Waals surface area contributed by atoms with Gasteiger partial charge in [0.1, 0.15) is 5.60 Å². The van der Waals surface area contributed by atoms with E-state index >= 15 is 0 Å². The highest BCUT2D eigenvalue weighted by Gasteiger charge is 2.37.